The number of benzene rings is 2. The molecule has 0 saturated carbocycles. The highest BCUT2D eigenvalue weighted by Crippen LogP contribution is 2.16. The molecule has 1 saturated heterocycles. The third-order valence-electron chi connectivity index (χ3n) is 4.33. The number of piperazine rings is 1. The predicted octanol–water partition coefficient (Wildman–Crippen LogP) is 2.47. The first-order chi connectivity index (χ1) is 10.8. The van der Waals surface area contributed by atoms with Gasteiger partial charge in [-0.1, -0.05) is 60.7 Å². The van der Waals surface area contributed by atoms with Crippen LogP contribution in [0, 0.1) is 0 Å². The molecule has 1 aliphatic heterocycles. The summed E-state index contributed by atoms with van der Waals surface area (Å²) < 4.78 is 0. The lowest BCUT2D eigenvalue weighted by molar-refractivity contribution is 0.248. The normalized spacial score (nSPS) is 25.0. The van der Waals surface area contributed by atoms with Crippen LogP contribution in [-0.4, -0.2) is 25.3 Å². The Morgan fingerprint density at radius 1 is 1.00 bits per heavy atom. The lowest BCUT2D eigenvalue weighted by atomic mass is 10.0. The average Bonchev–Trinajstić information content (AvgIpc) is 2.58. The van der Waals surface area contributed by atoms with Crippen LogP contribution in [0.2, 0.25) is 0 Å². The summed E-state index contributed by atoms with van der Waals surface area (Å²) in [6, 6.07) is 22.1. The van der Waals surface area contributed by atoms with Crippen molar-refractivity contribution in [2.45, 2.75) is 31.6 Å². The molecule has 2 aromatic carbocycles. The van der Waals surface area contributed by atoms with Gasteiger partial charge < -0.3 is 10.6 Å². The molecular formula is C19H25N3. The fraction of sp³-hybridized carbons (Fsp3) is 0.368. The van der Waals surface area contributed by atoms with Crippen molar-refractivity contribution < 1.29 is 0 Å². The second-order valence-corrected chi connectivity index (χ2v) is 5.99. The highest BCUT2D eigenvalue weighted by Gasteiger charge is 2.26. The fourth-order valence-electron chi connectivity index (χ4n) is 3.06. The number of rotatable bonds is 5. The van der Waals surface area contributed by atoms with Gasteiger partial charge in [-0.2, -0.15) is 0 Å². The first-order valence-electron chi connectivity index (χ1n) is 8.14. The molecule has 0 radical (unpaired) electrons. The van der Waals surface area contributed by atoms with Crippen molar-refractivity contribution in [1.82, 2.24) is 16.0 Å². The maximum Gasteiger partial charge on any atom is 0.0728 e. The molecule has 1 fully saturated rings. The van der Waals surface area contributed by atoms with Gasteiger partial charge in [-0.15, -0.1) is 0 Å². The minimum absolute atomic E-state index is 0.323. The number of nitrogens with one attached hydrogen (secondary N) is 3. The molecular weight excluding hydrogens is 270 g/mol. The zero-order valence-electron chi connectivity index (χ0n) is 13.1. The van der Waals surface area contributed by atoms with E-state index in [0.717, 1.165) is 19.5 Å². The monoisotopic (exact) mass is 295 g/mol. The van der Waals surface area contributed by atoms with Gasteiger partial charge in [-0.25, -0.2) is 0 Å². The lowest BCUT2D eigenvalue weighted by Gasteiger charge is -2.37. The molecule has 0 bridgehead atoms. The average molecular weight is 295 g/mol. The van der Waals surface area contributed by atoms with E-state index in [9.17, 15) is 0 Å². The molecule has 1 heterocycles. The van der Waals surface area contributed by atoms with E-state index >= 15 is 0 Å². The topological polar surface area (TPSA) is 36.1 Å². The van der Waals surface area contributed by atoms with E-state index in [2.05, 4.69) is 83.5 Å². The third kappa shape index (κ3) is 3.95. The Kier molecular flexibility index (Phi) is 5.22. The van der Waals surface area contributed by atoms with E-state index in [0.29, 0.717) is 18.2 Å². The number of hydrogen-bond donors (Lipinski definition) is 3. The van der Waals surface area contributed by atoms with Gasteiger partial charge in [0, 0.05) is 25.2 Å². The van der Waals surface area contributed by atoms with Gasteiger partial charge in [-0.3, -0.25) is 5.32 Å². The van der Waals surface area contributed by atoms with Gasteiger partial charge in [0.05, 0.1) is 6.17 Å². The Hall–Kier alpha value is -1.68. The van der Waals surface area contributed by atoms with Crippen LogP contribution in [0.15, 0.2) is 60.7 Å². The second kappa shape index (κ2) is 7.54. The van der Waals surface area contributed by atoms with Gasteiger partial charge in [0.2, 0.25) is 0 Å². The standard InChI is InChI=1S/C19H25N3/c1-15-19(20-13-12-16-8-4-2-5-9-16)21-14-18(22-15)17-10-6-3-7-11-17/h2-11,15,18-22H,12-14H2,1H3. The van der Waals surface area contributed by atoms with E-state index < -0.39 is 0 Å². The van der Waals surface area contributed by atoms with Gasteiger partial charge in [0.1, 0.15) is 0 Å². The van der Waals surface area contributed by atoms with Crippen LogP contribution >= 0.6 is 0 Å². The molecule has 2 aromatic rings. The zero-order valence-corrected chi connectivity index (χ0v) is 13.1. The van der Waals surface area contributed by atoms with Gasteiger partial charge in [-0.05, 0) is 24.5 Å². The summed E-state index contributed by atoms with van der Waals surface area (Å²) in [5.41, 5.74) is 2.73. The van der Waals surface area contributed by atoms with E-state index in [1.165, 1.54) is 11.1 Å². The molecule has 1 aliphatic rings. The molecule has 0 aromatic heterocycles. The van der Waals surface area contributed by atoms with Crippen LogP contribution in [0.5, 0.6) is 0 Å². The summed E-state index contributed by atoms with van der Waals surface area (Å²) >= 11 is 0. The smallest absolute Gasteiger partial charge is 0.0728 e. The Labute approximate surface area is 133 Å². The van der Waals surface area contributed by atoms with Crippen molar-refractivity contribution >= 4 is 0 Å². The molecule has 0 amide bonds. The molecule has 3 rings (SSSR count). The van der Waals surface area contributed by atoms with Gasteiger partial charge in [0.25, 0.3) is 0 Å². The highest BCUT2D eigenvalue weighted by molar-refractivity contribution is 5.20. The van der Waals surface area contributed by atoms with Gasteiger partial charge >= 0.3 is 0 Å². The molecule has 3 unspecified atom stereocenters. The Morgan fingerprint density at radius 3 is 2.36 bits per heavy atom. The predicted molar refractivity (Wildman–Crippen MR) is 91.7 cm³/mol. The Morgan fingerprint density at radius 2 is 1.68 bits per heavy atom. The first-order valence-corrected chi connectivity index (χ1v) is 8.14. The summed E-state index contributed by atoms with van der Waals surface area (Å²) in [5.74, 6) is 0. The van der Waals surface area contributed by atoms with Crippen molar-refractivity contribution in [1.29, 1.82) is 0 Å². The third-order valence-corrected chi connectivity index (χ3v) is 4.33. The molecule has 22 heavy (non-hydrogen) atoms. The van der Waals surface area contributed by atoms with Crippen LogP contribution in [0.25, 0.3) is 0 Å². The summed E-state index contributed by atoms with van der Waals surface area (Å²) in [4.78, 5) is 0. The van der Waals surface area contributed by atoms with Crippen molar-refractivity contribution in [3.05, 3.63) is 71.8 Å². The fourth-order valence-corrected chi connectivity index (χ4v) is 3.06. The molecule has 0 aliphatic carbocycles. The van der Waals surface area contributed by atoms with E-state index in [4.69, 9.17) is 0 Å². The Balaban J connectivity index is 1.47. The van der Waals surface area contributed by atoms with Gasteiger partial charge in [0.15, 0.2) is 0 Å². The van der Waals surface area contributed by atoms with E-state index in [-0.39, 0.29) is 0 Å². The van der Waals surface area contributed by atoms with Crippen molar-refractivity contribution in [2.75, 3.05) is 13.1 Å². The van der Waals surface area contributed by atoms with Crippen LogP contribution < -0.4 is 16.0 Å². The highest BCUT2D eigenvalue weighted by atomic mass is 15.2. The first kappa shape index (κ1) is 15.2. The van der Waals surface area contributed by atoms with Crippen LogP contribution in [0.4, 0.5) is 0 Å². The molecule has 3 N–H and O–H groups in total. The summed E-state index contributed by atoms with van der Waals surface area (Å²) in [5, 5.41) is 11.0. The van der Waals surface area contributed by atoms with Crippen molar-refractivity contribution in [2.24, 2.45) is 0 Å². The quantitative estimate of drug-likeness (QED) is 0.793. The van der Waals surface area contributed by atoms with Crippen LogP contribution in [-0.2, 0) is 6.42 Å². The molecule has 3 nitrogen and oxygen atoms in total. The maximum absolute atomic E-state index is 3.71. The van der Waals surface area contributed by atoms with Crippen LogP contribution in [0.1, 0.15) is 24.1 Å². The molecule has 3 atom stereocenters. The minimum atomic E-state index is 0.323. The zero-order chi connectivity index (χ0) is 15.2. The largest absolute Gasteiger partial charge is 0.303 e. The summed E-state index contributed by atoms with van der Waals surface area (Å²) in [7, 11) is 0. The summed E-state index contributed by atoms with van der Waals surface area (Å²) in [6.45, 7) is 4.18. The minimum Gasteiger partial charge on any atom is -0.303 e. The lowest BCUT2D eigenvalue weighted by Crippen LogP contribution is -2.62. The van der Waals surface area contributed by atoms with E-state index in [1.807, 2.05) is 0 Å². The molecule has 0 spiro atoms. The second-order valence-electron chi connectivity index (χ2n) is 5.99. The Bertz CT molecular complexity index is 553. The maximum atomic E-state index is 3.71. The van der Waals surface area contributed by atoms with Crippen molar-refractivity contribution in [3.8, 4) is 0 Å². The SMILES string of the molecule is CC1NC(c2ccccc2)CNC1NCCc1ccccc1. The number of hydrogen-bond acceptors (Lipinski definition) is 3. The van der Waals surface area contributed by atoms with Crippen LogP contribution in [0.3, 0.4) is 0 Å². The molecule has 116 valence electrons. The van der Waals surface area contributed by atoms with E-state index in [1.54, 1.807) is 0 Å². The molecule has 3 heteroatoms. The summed E-state index contributed by atoms with van der Waals surface area (Å²) in [6.07, 6.45) is 1.39. The van der Waals surface area contributed by atoms with Crippen molar-refractivity contribution in [3.63, 3.8) is 0 Å².